The number of hydrogen-bond acceptors (Lipinski definition) is 5. The summed E-state index contributed by atoms with van der Waals surface area (Å²) >= 11 is 0. The van der Waals surface area contributed by atoms with Crippen LogP contribution in [0, 0.1) is 0 Å². The molecule has 5 heteroatoms. The van der Waals surface area contributed by atoms with Crippen molar-refractivity contribution in [3.8, 4) is 56.2 Å². The molecule has 8 aromatic carbocycles. The van der Waals surface area contributed by atoms with E-state index in [0.29, 0.717) is 5.89 Å². The minimum absolute atomic E-state index is 0.0496. The van der Waals surface area contributed by atoms with Crippen molar-refractivity contribution < 1.29 is 4.42 Å². The van der Waals surface area contributed by atoms with Crippen LogP contribution in [0.1, 0.15) is 52.7 Å². The summed E-state index contributed by atoms with van der Waals surface area (Å²) in [7, 11) is 0. The quantitative estimate of drug-likeness (QED) is 0.153. The Hall–Kier alpha value is -7.63. The van der Waals surface area contributed by atoms with E-state index in [1.54, 1.807) is 0 Å². The Balaban J connectivity index is 1.08. The van der Waals surface area contributed by atoms with E-state index in [1.807, 2.05) is 36.4 Å². The molecule has 0 aliphatic rings. The summed E-state index contributed by atoms with van der Waals surface area (Å²) in [4.78, 5) is 17.9. The number of anilines is 3. The van der Waals surface area contributed by atoms with Crippen molar-refractivity contribution in [2.45, 2.75) is 52.4 Å². The molecule has 10 aromatic rings. The molecule has 10 rings (SSSR count). The smallest absolute Gasteiger partial charge is 0.227 e. The molecular weight excluding hydrogens is 781 g/mol. The number of oxazole rings is 1. The summed E-state index contributed by atoms with van der Waals surface area (Å²) < 4.78 is 6.10. The molecule has 0 spiro atoms. The highest BCUT2D eigenvalue weighted by Crippen LogP contribution is 2.41. The van der Waals surface area contributed by atoms with Gasteiger partial charge in [0.05, 0.1) is 22.4 Å². The van der Waals surface area contributed by atoms with Gasteiger partial charge in [-0.3, -0.25) is 0 Å². The number of nitrogens with zero attached hydrogens (tertiary/aromatic N) is 4. The van der Waals surface area contributed by atoms with Gasteiger partial charge in [0.1, 0.15) is 5.52 Å². The lowest BCUT2D eigenvalue weighted by molar-refractivity contribution is 0.590. The third-order valence-corrected chi connectivity index (χ3v) is 12.1. The third-order valence-electron chi connectivity index (χ3n) is 12.1. The molecule has 0 fully saturated rings. The van der Waals surface area contributed by atoms with Crippen LogP contribution in [-0.2, 0) is 10.8 Å². The highest BCUT2D eigenvalue weighted by molar-refractivity contribution is 5.96. The second-order valence-corrected chi connectivity index (χ2v) is 18.6. The Kier molecular flexibility index (Phi) is 10.3. The van der Waals surface area contributed by atoms with Gasteiger partial charge >= 0.3 is 0 Å². The first-order valence-electron chi connectivity index (χ1n) is 22.0. The lowest BCUT2D eigenvalue weighted by Crippen LogP contribution is -2.10. The normalized spacial score (nSPS) is 11.9. The van der Waals surface area contributed by atoms with Crippen LogP contribution < -0.4 is 4.90 Å². The molecule has 0 saturated carbocycles. The summed E-state index contributed by atoms with van der Waals surface area (Å²) in [6, 6.07) is 68.3. The first kappa shape index (κ1) is 40.4. The third kappa shape index (κ3) is 7.97. The van der Waals surface area contributed by atoms with E-state index >= 15 is 0 Å². The van der Waals surface area contributed by atoms with Gasteiger partial charge < -0.3 is 9.32 Å². The van der Waals surface area contributed by atoms with E-state index in [1.165, 1.54) is 11.1 Å². The molecule has 0 aliphatic carbocycles. The van der Waals surface area contributed by atoms with Gasteiger partial charge in [-0.2, -0.15) is 0 Å². The van der Waals surface area contributed by atoms with Gasteiger partial charge in [-0.25, -0.2) is 15.0 Å². The van der Waals surface area contributed by atoms with Gasteiger partial charge in [0.15, 0.2) is 5.58 Å². The van der Waals surface area contributed by atoms with Crippen molar-refractivity contribution in [1.29, 1.82) is 0 Å². The van der Waals surface area contributed by atoms with Gasteiger partial charge in [-0.15, -0.1) is 0 Å². The van der Waals surface area contributed by atoms with Crippen molar-refractivity contribution in [2.75, 3.05) is 4.90 Å². The van der Waals surface area contributed by atoms with Crippen LogP contribution in [0.4, 0.5) is 17.1 Å². The summed E-state index contributed by atoms with van der Waals surface area (Å²) in [5.74, 6) is 0.602. The Morgan fingerprint density at radius 2 is 0.766 bits per heavy atom. The number of rotatable bonds is 8. The molecule has 0 amide bonds. The van der Waals surface area contributed by atoms with Crippen LogP contribution >= 0.6 is 0 Å². The van der Waals surface area contributed by atoms with Crippen LogP contribution in [0.15, 0.2) is 199 Å². The highest BCUT2D eigenvalue weighted by atomic mass is 16.3. The van der Waals surface area contributed by atoms with E-state index in [9.17, 15) is 0 Å². The minimum atomic E-state index is 0.0496. The summed E-state index contributed by atoms with van der Waals surface area (Å²) in [6.07, 6.45) is 0. The number of hydrogen-bond donors (Lipinski definition) is 0. The van der Waals surface area contributed by atoms with Crippen molar-refractivity contribution >= 4 is 39.2 Å². The van der Waals surface area contributed by atoms with Gasteiger partial charge in [-0.05, 0) is 117 Å². The number of aromatic nitrogens is 3. The van der Waals surface area contributed by atoms with Gasteiger partial charge in [0, 0.05) is 33.8 Å². The Bertz CT molecular complexity index is 3200. The molecule has 0 aliphatic heterocycles. The second-order valence-electron chi connectivity index (χ2n) is 18.6. The summed E-state index contributed by atoms with van der Waals surface area (Å²) in [5, 5.41) is 0. The zero-order valence-electron chi connectivity index (χ0n) is 37.2. The standard InChI is InChI=1S/C59H50N4O/c1-58(2,3)44-29-21-39(22-30-44)49-37-52-53(38-50(49)40-23-31-45(32-24-40)59(4,5)6)61-56(55(60-52)41-15-9-7-10-16-41)42-25-33-47(34-26-42)63(46-17-11-8-12-18-46)48-35-27-43(28-36-48)57-62-51-19-13-14-20-54(51)64-57/h7-38H,1-6H3. The van der Waals surface area contributed by atoms with E-state index < -0.39 is 0 Å². The molecule has 5 nitrogen and oxygen atoms in total. The molecule has 64 heavy (non-hydrogen) atoms. The molecular formula is C59H50N4O. The fourth-order valence-electron chi connectivity index (χ4n) is 8.42. The molecule has 0 N–H and O–H groups in total. The van der Waals surface area contributed by atoms with Crippen molar-refractivity contribution in [3.63, 3.8) is 0 Å². The lowest BCUT2D eigenvalue weighted by Gasteiger charge is -2.25. The van der Waals surface area contributed by atoms with Crippen LogP contribution in [0.2, 0.25) is 0 Å². The monoisotopic (exact) mass is 830 g/mol. The number of para-hydroxylation sites is 3. The average Bonchev–Trinajstić information content (AvgIpc) is 3.76. The van der Waals surface area contributed by atoms with Gasteiger partial charge in [-0.1, -0.05) is 163 Å². The van der Waals surface area contributed by atoms with Gasteiger partial charge in [0.25, 0.3) is 0 Å². The topological polar surface area (TPSA) is 55.1 Å². The Morgan fingerprint density at radius 3 is 1.25 bits per heavy atom. The zero-order chi connectivity index (χ0) is 44.0. The van der Waals surface area contributed by atoms with Crippen molar-refractivity contribution in [2.24, 2.45) is 0 Å². The number of fused-ring (bicyclic) bond motifs is 2. The largest absolute Gasteiger partial charge is 0.436 e. The van der Waals surface area contributed by atoms with Crippen LogP contribution in [0.3, 0.4) is 0 Å². The summed E-state index contributed by atoms with van der Waals surface area (Å²) in [6.45, 7) is 13.5. The van der Waals surface area contributed by atoms with E-state index in [-0.39, 0.29) is 10.8 Å². The Labute approximate surface area is 375 Å². The molecule has 0 atom stereocenters. The van der Waals surface area contributed by atoms with Crippen LogP contribution in [0.5, 0.6) is 0 Å². The SMILES string of the molecule is CC(C)(C)c1ccc(-c2cc3nc(-c4ccccc4)c(-c4ccc(N(c5ccccc5)c5ccc(-c6nc7ccccc7o6)cc5)cc4)nc3cc2-c2ccc(C(C)(C)C)cc2)cc1. The molecule has 0 saturated heterocycles. The second kappa shape index (κ2) is 16.2. The lowest BCUT2D eigenvalue weighted by atomic mass is 9.84. The molecule has 2 aromatic heterocycles. The minimum Gasteiger partial charge on any atom is -0.436 e. The maximum absolute atomic E-state index is 6.10. The highest BCUT2D eigenvalue weighted by Gasteiger charge is 2.21. The van der Waals surface area contributed by atoms with Gasteiger partial charge in [0.2, 0.25) is 5.89 Å². The maximum Gasteiger partial charge on any atom is 0.227 e. The molecule has 0 radical (unpaired) electrons. The molecule has 0 bridgehead atoms. The first-order valence-corrected chi connectivity index (χ1v) is 22.0. The fraction of sp³-hybridized carbons (Fsp3) is 0.136. The fourth-order valence-corrected chi connectivity index (χ4v) is 8.42. The molecule has 0 unspecified atom stereocenters. The maximum atomic E-state index is 6.10. The summed E-state index contributed by atoms with van der Waals surface area (Å²) in [5.41, 5.74) is 18.2. The zero-order valence-corrected chi connectivity index (χ0v) is 37.2. The van der Waals surface area contributed by atoms with Crippen LogP contribution in [0.25, 0.3) is 78.4 Å². The van der Waals surface area contributed by atoms with Crippen molar-refractivity contribution in [3.05, 3.63) is 205 Å². The number of benzene rings is 8. The van der Waals surface area contributed by atoms with E-state index in [2.05, 4.69) is 204 Å². The van der Waals surface area contributed by atoms with Crippen molar-refractivity contribution in [1.82, 2.24) is 15.0 Å². The predicted molar refractivity (Wildman–Crippen MR) is 266 cm³/mol. The molecule has 2 heterocycles. The first-order chi connectivity index (χ1) is 31.0. The Morgan fingerprint density at radius 1 is 0.359 bits per heavy atom. The van der Waals surface area contributed by atoms with E-state index in [4.69, 9.17) is 19.4 Å². The van der Waals surface area contributed by atoms with E-state index in [0.717, 1.165) is 89.5 Å². The van der Waals surface area contributed by atoms with Crippen LogP contribution in [-0.4, -0.2) is 15.0 Å². The molecule has 312 valence electrons. The average molecular weight is 831 g/mol. The predicted octanol–water partition coefficient (Wildman–Crippen LogP) is 16.2.